The standard InChI is InChI=1S/C25H29Cl2N5O2S/c1-6-32-23(21(14(2)3)29-24(34)17-10-11-18(26)19(27)12-17)30-31-25(32)35-13-20(33)28-22-15(4)8-7-9-16(22)5/h7-12,14,21H,6,13H2,1-5H3,(H,28,33)(H,29,34)/t21-/m0/s1. The van der Waals surface area contributed by atoms with E-state index in [-0.39, 0.29) is 29.5 Å². The van der Waals surface area contributed by atoms with Gasteiger partial charge in [-0.15, -0.1) is 10.2 Å². The van der Waals surface area contributed by atoms with Gasteiger partial charge < -0.3 is 15.2 Å². The minimum absolute atomic E-state index is 0.0430. The van der Waals surface area contributed by atoms with E-state index < -0.39 is 0 Å². The second kappa shape index (κ2) is 11.9. The molecule has 1 aromatic heterocycles. The zero-order valence-electron chi connectivity index (χ0n) is 20.4. The monoisotopic (exact) mass is 533 g/mol. The first-order chi connectivity index (χ1) is 16.6. The summed E-state index contributed by atoms with van der Waals surface area (Å²) in [6, 6.07) is 10.3. The molecule has 1 atom stereocenters. The number of aryl methyl sites for hydroxylation is 2. The van der Waals surface area contributed by atoms with Crippen molar-refractivity contribution in [3.63, 3.8) is 0 Å². The molecule has 2 aromatic carbocycles. The largest absolute Gasteiger partial charge is 0.342 e. The first-order valence-corrected chi connectivity index (χ1v) is 13.0. The molecule has 0 radical (unpaired) electrons. The van der Waals surface area contributed by atoms with Gasteiger partial charge >= 0.3 is 0 Å². The van der Waals surface area contributed by atoms with Crippen LogP contribution in [-0.4, -0.2) is 32.3 Å². The molecule has 0 aliphatic heterocycles. The Morgan fingerprint density at radius 1 is 1.06 bits per heavy atom. The molecule has 1 heterocycles. The zero-order chi connectivity index (χ0) is 25.7. The van der Waals surface area contributed by atoms with Gasteiger partial charge in [-0.2, -0.15) is 0 Å². The van der Waals surface area contributed by atoms with Gasteiger partial charge in [0.1, 0.15) is 0 Å². The third-order valence-electron chi connectivity index (χ3n) is 5.55. The van der Waals surface area contributed by atoms with Crippen molar-refractivity contribution in [2.45, 2.75) is 52.4 Å². The number of thioether (sulfide) groups is 1. The summed E-state index contributed by atoms with van der Waals surface area (Å²) in [6.45, 7) is 10.5. The maximum atomic E-state index is 12.9. The molecule has 0 bridgehead atoms. The van der Waals surface area contributed by atoms with Crippen molar-refractivity contribution in [1.82, 2.24) is 20.1 Å². The summed E-state index contributed by atoms with van der Waals surface area (Å²) in [4.78, 5) is 25.5. The Labute approximate surface area is 220 Å². The van der Waals surface area contributed by atoms with Crippen LogP contribution in [0.15, 0.2) is 41.6 Å². The molecule has 0 saturated heterocycles. The van der Waals surface area contributed by atoms with Crippen molar-refractivity contribution >= 4 is 52.5 Å². The van der Waals surface area contributed by atoms with Crippen LogP contribution in [0.4, 0.5) is 5.69 Å². The predicted octanol–water partition coefficient (Wildman–Crippen LogP) is 6.08. The summed E-state index contributed by atoms with van der Waals surface area (Å²) in [5.74, 6) is 0.464. The van der Waals surface area contributed by atoms with E-state index in [2.05, 4.69) is 20.8 Å². The molecular formula is C25H29Cl2N5O2S. The van der Waals surface area contributed by atoms with Gasteiger partial charge in [0, 0.05) is 17.8 Å². The van der Waals surface area contributed by atoms with Gasteiger partial charge in [0.2, 0.25) is 5.91 Å². The number of carbonyl (C=O) groups is 2. The average molecular weight is 535 g/mol. The molecule has 10 heteroatoms. The summed E-state index contributed by atoms with van der Waals surface area (Å²) in [5, 5.41) is 16.0. The number of hydrogen-bond acceptors (Lipinski definition) is 5. The van der Waals surface area contributed by atoms with E-state index in [0.717, 1.165) is 16.8 Å². The lowest BCUT2D eigenvalue weighted by Crippen LogP contribution is -2.33. The lowest BCUT2D eigenvalue weighted by atomic mass is 10.0. The van der Waals surface area contributed by atoms with Gasteiger partial charge in [0.25, 0.3) is 5.91 Å². The van der Waals surface area contributed by atoms with E-state index in [9.17, 15) is 9.59 Å². The van der Waals surface area contributed by atoms with Crippen LogP contribution in [-0.2, 0) is 11.3 Å². The molecule has 3 rings (SSSR count). The maximum absolute atomic E-state index is 12.9. The number of anilines is 1. The van der Waals surface area contributed by atoms with Crippen LogP contribution >= 0.6 is 35.0 Å². The molecule has 0 aliphatic rings. The fourth-order valence-electron chi connectivity index (χ4n) is 3.64. The predicted molar refractivity (Wildman–Crippen MR) is 142 cm³/mol. The number of aromatic nitrogens is 3. The molecule has 2 amide bonds. The fourth-order valence-corrected chi connectivity index (χ4v) is 4.75. The lowest BCUT2D eigenvalue weighted by molar-refractivity contribution is -0.113. The Hall–Kier alpha value is -2.55. The highest BCUT2D eigenvalue weighted by atomic mass is 35.5. The SMILES string of the molecule is CCn1c(SCC(=O)Nc2c(C)cccc2C)nnc1[C@@H](NC(=O)c1ccc(Cl)c(Cl)c1)C(C)C. The van der Waals surface area contributed by atoms with Crippen LogP contribution in [0.5, 0.6) is 0 Å². The van der Waals surface area contributed by atoms with Crippen LogP contribution in [0.2, 0.25) is 10.0 Å². The topological polar surface area (TPSA) is 88.9 Å². The second-order valence-electron chi connectivity index (χ2n) is 8.51. The average Bonchev–Trinajstić information content (AvgIpc) is 3.22. The van der Waals surface area contributed by atoms with E-state index >= 15 is 0 Å². The van der Waals surface area contributed by atoms with Crippen LogP contribution in [0.1, 0.15) is 54.1 Å². The van der Waals surface area contributed by atoms with Crippen LogP contribution in [0.3, 0.4) is 0 Å². The van der Waals surface area contributed by atoms with Crippen molar-refractivity contribution in [3.8, 4) is 0 Å². The van der Waals surface area contributed by atoms with Crippen molar-refractivity contribution in [3.05, 3.63) is 69.0 Å². The van der Waals surface area contributed by atoms with Gasteiger partial charge in [-0.25, -0.2) is 0 Å². The van der Waals surface area contributed by atoms with E-state index in [0.29, 0.717) is 33.1 Å². The molecular weight excluding hydrogens is 505 g/mol. The van der Waals surface area contributed by atoms with Gasteiger partial charge in [-0.05, 0) is 56.0 Å². The van der Waals surface area contributed by atoms with E-state index in [4.69, 9.17) is 23.2 Å². The molecule has 186 valence electrons. The third kappa shape index (κ3) is 6.57. The van der Waals surface area contributed by atoms with Crippen molar-refractivity contribution in [1.29, 1.82) is 0 Å². The number of benzene rings is 2. The quantitative estimate of drug-likeness (QED) is 0.325. The molecule has 0 spiro atoms. The highest BCUT2D eigenvalue weighted by Crippen LogP contribution is 2.27. The smallest absolute Gasteiger partial charge is 0.251 e. The minimum Gasteiger partial charge on any atom is -0.342 e. The van der Waals surface area contributed by atoms with Gasteiger partial charge in [-0.1, -0.05) is 67.0 Å². The normalized spacial score (nSPS) is 12.0. The molecule has 0 aliphatic carbocycles. The van der Waals surface area contributed by atoms with Gasteiger partial charge in [0.15, 0.2) is 11.0 Å². The van der Waals surface area contributed by atoms with Crippen molar-refractivity contribution < 1.29 is 9.59 Å². The number of halogens is 2. The van der Waals surface area contributed by atoms with E-state index in [1.807, 2.05) is 57.4 Å². The Kier molecular flexibility index (Phi) is 9.21. The Morgan fingerprint density at radius 2 is 1.74 bits per heavy atom. The number of nitrogens with one attached hydrogen (secondary N) is 2. The van der Waals surface area contributed by atoms with Gasteiger partial charge in [-0.3, -0.25) is 9.59 Å². The Morgan fingerprint density at radius 3 is 2.34 bits per heavy atom. The van der Waals surface area contributed by atoms with Crippen LogP contribution < -0.4 is 10.6 Å². The molecule has 7 nitrogen and oxygen atoms in total. The molecule has 3 aromatic rings. The molecule has 0 fully saturated rings. The summed E-state index contributed by atoms with van der Waals surface area (Å²) in [7, 11) is 0. The number of para-hydroxylation sites is 1. The minimum atomic E-state index is -0.387. The van der Waals surface area contributed by atoms with Crippen molar-refractivity contribution in [2.24, 2.45) is 5.92 Å². The number of amides is 2. The zero-order valence-corrected chi connectivity index (χ0v) is 22.7. The highest BCUT2D eigenvalue weighted by Gasteiger charge is 2.26. The van der Waals surface area contributed by atoms with Crippen LogP contribution in [0.25, 0.3) is 0 Å². The molecule has 0 saturated carbocycles. The number of carbonyl (C=O) groups excluding carboxylic acids is 2. The molecule has 35 heavy (non-hydrogen) atoms. The Balaban J connectivity index is 1.74. The Bertz CT molecular complexity index is 1210. The second-order valence-corrected chi connectivity index (χ2v) is 10.3. The van der Waals surface area contributed by atoms with Crippen molar-refractivity contribution in [2.75, 3.05) is 11.1 Å². The van der Waals surface area contributed by atoms with E-state index in [1.165, 1.54) is 17.8 Å². The van der Waals surface area contributed by atoms with E-state index in [1.54, 1.807) is 12.1 Å². The summed E-state index contributed by atoms with van der Waals surface area (Å²) < 4.78 is 1.93. The number of rotatable bonds is 9. The molecule has 0 unspecified atom stereocenters. The number of nitrogens with zero attached hydrogens (tertiary/aromatic N) is 3. The summed E-state index contributed by atoms with van der Waals surface area (Å²) in [5.41, 5.74) is 3.27. The third-order valence-corrected chi connectivity index (χ3v) is 7.26. The fraction of sp³-hybridized carbons (Fsp3) is 0.360. The lowest BCUT2D eigenvalue weighted by Gasteiger charge is -2.22. The highest BCUT2D eigenvalue weighted by molar-refractivity contribution is 7.99. The first-order valence-electron chi connectivity index (χ1n) is 11.3. The summed E-state index contributed by atoms with van der Waals surface area (Å²) >= 11 is 13.4. The van der Waals surface area contributed by atoms with Gasteiger partial charge in [0.05, 0.1) is 21.8 Å². The number of hydrogen-bond donors (Lipinski definition) is 2. The first kappa shape index (κ1) is 27.0. The molecule has 2 N–H and O–H groups in total. The maximum Gasteiger partial charge on any atom is 0.251 e. The van der Waals surface area contributed by atoms with Crippen LogP contribution in [0, 0.1) is 19.8 Å². The summed E-state index contributed by atoms with van der Waals surface area (Å²) in [6.07, 6.45) is 0.